The van der Waals surface area contributed by atoms with E-state index in [1.165, 1.54) is 11.3 Å². The van der Waals surface area contributed by atoms with Crippen LogP contribution in [-0.2, 0) is 11.2 Å². The van der Waals surface area contributed by atoms with E-state index in [0.29, 0.717) is 24.0 Å². The van der Waals surface area contributed by atoms with E-state index in [-0.39, 0.29) is 37.4 Å². The number of Topliss-reactive ketones (excluding diaryl/α,β-unsaturated/α-hetero) is 2. The minimum Gasteiger partial charge on any atom is -0.342 e. The maximum Gasteiger partial charge on any atom is 0.251 e. The largest absolute Gasteiger partial charge is 0.342 e. The fourth-order valence-electron chi connectivity index (χ4n) is 3.21. The van der Waals surface area contributed by atoms with Crippen LogP contribution in [0.15, 0.2) is 60.0 Å². The summed E-state index contributed by atoms with van der Waals surface area (Å²) in [5.74, 6) is 0.417. The summed E-state index contributed by atoms with van der Waals surface area (Å²) in [5, 5.41) is 5.57. The number of hydrogen-bond donors (Lipinski definition) is 1. The lowest BCUT2D eigenvalue weighted by molar-refractivity contribution is -0.120. The molecule has 3 rings (SSSR count). The number of nitrogens with zero attached hydrogens (tertiary/aromatic N) is 1. The molecule has 0 bridgehead atoms. The van der Waals surface area contributed by atoms with Crippen LogP contribution in [0, 0.1) is 0 Å². The van der Waals surface area contributed by atoms with Crippen LogP contribution in [0.4, 0.5) is 0 Å². The molecule has 0 spiro atoms. The summed E-state index contributed by atoms with van der Waals surface area (Å²) in [4.78, 5) is 42.2. The van der Waals surface area contributed by atoms with Gasteiger partial charge in [0.15, 0.2) is 11.6 Å². The van der Waals surface area contributed by atoms with Gasteiger partial charge in [-0.15, -0.1) is 11.3 Å². The van der Waals surface area contributed by atoms with Crippen LogP contribution in [0.5, 0.6) is 0 Å². The Morgan fingerprint density at radius 3 is 2.33 bits per heavy atom. The van der Waals surface area contributed by atoms with Crippen LogP contribution >= 0.6 is 36.6 Å². The van der Waals surface area contributed by atoms with Crippen molar-refractivity contribution in [3.05, 3.63) is 76.1 Å². The normalized spacial score (nSPS) is 11.3. The van der Waals surface area contributed by atoms with Crippen molar-refractivity contribution in [3.8, 4) is 11.3 Å². The van der Waals surface area contributed by atoms with Gasteiger partial charge in [0.05, 0.1) is 18.2 Å². The van der Waals surface area contributed by atoms with Gasteiger partial charge in [0.25, 0.3) is 5.91 Å². The number of hydrogen-bond acceptors (Lipinski definition) is 6. The van der Waals surface area contributed by atoms with Crippen molar-refractivity contribution < 1.29 is 14.4 Å². The van der Waals surface area contributed by atoms with E-state index in [9.17, 15) is 14.4 Å². The van der Waals surface area contributed by atoms with Crippen LogP contribution in [0.1, 0.15) is 45.5 Å². The van der Waals surface area contributed by atoms with Gasteiger partial charge in [-0.3, -0.25) is 14.4 Å². The van der Waals surface area contributed by atoms with E-state index in [1.807, 2.05) is 42.0 Å². The van der Waals surface area contributed by atoms with Gasteiger partial charge in [-0.1, -0.05) is 49.4 Å². The maximum absolute atomic E-state index is 13.0. The Morgan fingerprint density at radius 2 is 1.70 bits per heavy atom. The van der Waals surface area contributed by atoms with Crippen molar-refractivity contribution in [1.29, 1.82) is 0 Å². The van der Waals surface area contributed by atoms with Crippen molar-refractivity contribution in [3.63, 3.8) is 0 Å². The molecule has 0 aliphatic heterocycles. The first-order valence-corrected chi connectivity index (χ1v) is 12.7. The minimum atomic E-state index is -0.587. The molecule has 0 saturated heterocycles. The summed E-state index contributed by atoms with van der Waals surface area (Å²) >= 11 is 3.09. The first-order valence-electron chi connectivity index (χ1n) is 10.5. The molecule has 1 amide bonds. The van der Waals surface area contributed by atoms with E-state index in [1.54, 1.807) is 43.0 Å². The smallest absolute Gasteiger partial charge is 0.251 e. The Balaban J connectivity index is 0.00000385. The third-order valence-electron chi connectivity index (χ3n) is 5.04. The molecule has 0 aliphatic carbocycles. The van der Waals surface area contributed by atoms with Crippen molar-refractivity contribution in [2.45, 2.75) is 32.2 Å². The van der Waals surface area contributed by atoms with E-state index in [4.69, 9.17) is 0 Å². The zero-order valence-corrected chi connectivity index (χ0v) is 21.3. The Bertz CT molecular complexity index is 1070. The van der Waals surface area contributed by atoms with Gasteiger partial charge >= 0.3 is 0 Å². The highest BCUT2D eigenvalue weighted by molar-refractivity contribution is 7.98. The van der Waals surface area contributed by atoms with Crippen molar-refractivity contribution >= 4 is 54.1 Å². The van der Waals surface area contributed by atoms with Crippen LogP contribution in [0.25, 0.3) is 11.3 Å². The van der Waals surface area contributed by atoms with E-state index in [0.717, 1.165) is 22.0 Å². The van der Waals surface area contributed by atoms with Gasteiger partial charge < -0.3 is 5.32 Å². The second-order valence-corrected chi connectivity index (χ2v) is 9.23. The molecule has 1 aromatic heterocycles. The monoisotopic (exact) mass is 500 g/mol. The summed E-state index contributed by atoms with van der Waals surface area (Å²) < 4.78 is 0. The highest BCUT2D eigenvalue weighted by atomic mass is 32.2. The SMILES string of the molecule is CCC(=O)c1ccc(C(=O)N[C@@H](CCSC)C(=O)Cc2nc(-c3ccccc3)cs2)cc1.S. The molecule has 1 N–H and O–H groups in total. The fourth-order valence-corrected chi connectivity index (χ4v) is 4.49. The summed E-state index contributed by atoms with van der Waals surface area (Å²) in [6, 6.07) is 15.8. The van der Waals surface area contributed by atoms with Crippen molar-refractivity contribution in [1.82, 2.24) is 10.3 Å². The average molecular weight is 501 g/mol. The molecule has 2 aromatic carbocycles. The van der Waals surface area contributed by atoms with Crippen LogP contribution < -0.4 is 5.32 Å². The second kappa shape index (κ2) is 13.3. The highest BCUT2D eigenvalue weighted by Crippen LogP contribution is 2.22. The van der Waals surface area contributed by atoms with Crippen molar-refractivity contribution in [2.75, 3.05) is 12.0 Å². The molecule has 33 heavy (non-hydrogen) atoms. The third kappa shape index (κ3) is 7.55. The summed E-state index contributed by atoms with van der Waals surface area (Å²) in [6.45, 7) is 1.80. The first kappa shape index (κ1) is 26.8. The number of carbonyl (C=O) groups excluding carboxylic acids is 3. The topological polar surface area (TPSA) is 76.1 Å². The van der Waals surface area contributed by atoms with Crippen LogP contribution in [0.3, 0.4) is 0 Å². The van der Waals surface area contributed by atoms with Gasteiger partial charge in [0.2, 0.25) is 0 Å². The number of carbonyl (C=O) groups is 3. The quantitative estimate of drug-likeness (QED) is 0.367. The lowest BCUT2D eigenvalue weighted by Gasteiger charge is -2.17. The maximum atomic E-state index is 13.0. The Labute approximate surface area is 209 Å². The van der Waals surface area contributed by atoms with Gasteiger partial charge in [-0.2, -0.15) is 25.3 Å². The summed E-state index contributed by atoms with van der Waals surface area (Å²) in [6.07, 6.45) is 3.12. The lowest BCUT2D eigenvalue weighted by Crippen LogP contribution is -2.42. The molecule has 1 atom stereocenters. The molecular weight excluding hydrogens is 472 g/mol. The molecule has 0 aliphatic rings. The van der Waals surface area contributed by atoms with Crippen LogP contribution in [0.2, 0.25) is 0 Å². The predicted octanol–water partition coefficient (Wildman–Crippen LogP) is 5.18. The standard InChI is InChI=1S/C25H26N2O3S2.H2S/c1-3-22(28)18-9-11-19(12-10-18)25(30)27-20(13-14-31-2)23(29)15-24-26-21(16-32-24)17-7-5-4-6-8-17;/h4-12,16,20H,3,13-15H2,1-2H3,(H,27,30);1H2/t20-;/m0./s1. The number of ketones is 2. The van der Waals surface area contributed by atoms with E-state index in [2.05, 4.69) is 10.3 Å². The average Bonchev–Trinajstić information content (AvgIpc) is 3.30. The zero-order valence-electron chi connectivity index (χ0n) is 18.7. The minimum absolute atomic E-state index is 0. The number of benzene rings is 2. The summed E-state index contributed by atoms with van der Waals surface area (Å²) in [7, 11) is 0. The zero-order chi connectivity index (χ0) is 22.9. The van der Waals surface area contributed by atoms with Crippen molar-refractivity contribution in [2.24, 2.45) is 0 Å². The summed E-state index contributed by atoms with van der Waals surface area (Å²) in [5.41, 5.74) is 2.88. The Hall–Kier alpha value is -2.42. The predicted molar refractivity (Wildman–Crippen MR) is 142 cm³/mol. The number of rotatable bonds is 11. The molecule has 1 heterocycles. The number of nitrogens with one attached hydrogen (secondary N) is 1. The number of amides is 1. The fraction of sp³-hybridized carbons (Fsp3) is 0.280. The second-order valence-electron chi connectivity index (χ2n) is 7.30. The third-order valence-corrected chi connectivity index (χ3v) is 6.53. The Kier molecular flexibility index (Phi) is 10.8. The molecular formula is C25H28N2O3S3. The number of aromatic nitrogens is 1. The lowest BCUT2D eigenvalue weighted by atomic mass is 10.0. The Morgan fingerprint density at radius 1 is 1.03 bits per heavy atom. The number of thioether (sulfide) groups is 1. The van der Waals surface area contributed by atoms with E-state index < -0.39 is 6.04 Å². The van der Waals surface area contributed by atoms with Gasteiger partial charge in [-0.25, -0.2) is 4.98 Å². The molecule has 3 aromatic rings. The first-order chi connectivity index (χ1) is 15.5. The highest BCUT2D eigenvalue weighted by Gasteiger charge is 2.22. The molecule has 174 valence electrons. The molecule has 8 heteroatoms. The molecule has 0 radical (unpaired) electrons. The molecule has 0 fully saturated rings. The van der Waals surface area contributed by atoms with Gasteiger partial charge in [-0.05, 0) is 30.6 Å². The molecule has 0 saturated carbocycles. The van der Waals surface area contributed by atoms with Gasteiger partial charge in [0.1, 0.15) is 5.01 Å². The number of thiazole rings is 1. The van der Waals surface area contributed by atoms with E-state index >= 15 is 0 Å². The molecule has 0 unspecified atom stereocenters. The van der Waals surface area contributed by atoms with Gasteiger partial charge in [0, 0.05) is 28.5 Å². The van der Waals surface area contributed by atoms with Crippen LogP contribution in [-0.4, -0.2) is 40.5 Å². The molecule has 5 nitrogen and oxygen atoms in total.